The van der Waals surface area contributed by atoms with Crippen molar-refractivity contribution in [2.24, 2.45) is 5.73 Å². The summed E-state index contributed by atoms with van der Waals surface area (Å²) in [6.07, 6.45) is 0.528. The van der Waals surface area contributed by atoms with Crippen molar-refractivity contribution in [2.45, 2.75) is 17.9 Å². The van der Waals surface area contributed by atoms with Gasteiger partial charge in [0, 0.05) is 13.1 Å². The smallest absolute Gasteiger partial charge is 0.339 e. The number of sulfonamides is 1. The number of nitrogens with two attached hydrogens (primary N) is 1. The second kappa shape index (κ2) is 10.6. The van der Waals surface area contributed by atoms with Crippen molar-refractivity contribution in [3.8, 4) is 0 Å². The summed E-state index contributed by atoms with van der Waals surface area (Å²) >= 11 is 6.07. The van der Waals surface area contributed by atoms with E-state index in [1.807, 2.05) is 30.3 Å². The van der Waals surface area contributed by atoms with Crippen LogP contribution in [0.4, 0.5) is 0 Å². The largest absolute Gasteiger partial charge is 0.465 e. The highest BCUT2D eigenvalue weighted by molar-refractivity contribution is 7.89. The van der Waals surface area contributed by atoms with Crippen LogP contribution >= 0.6 is 24.0 Å². The van der Waals surface area contributed by atoms with Gasteiger partial charge in [0.15, 0.2) is 0 Å². The first-order chi connectivity index (χ1) is 12.4. The van der Waals surface area contributed by atoms with Gasteiger partial charge >= 0.3 is 5.97 Å². The number of ether oxygens (including phenoxy) is 1. The topological polar surface area (TPSA) is 89.7 Å². The third kappa shape index (κ3) is 5.92. The number of carbonyl (C=O) groups excluding carboxylic acids is 1. The molecule has 0 fully saturated rings. The summed E-state index contributed by atoms with van der Waals surface area (Å²) in [5, 5.41) is 0.0245. The van der Waals surface area contributed by atoms with Gasteiger partial charge in [-0.15, -0.1) is 12.4 Å². The number of methoxy groups -OCH3 is 1. The van der Waals surface area contributed by atoms with Crippen LogP contribution < -0.4 is 5.73 Å². The van der Waals surface area contributed by atoms with Gasteiger partial charge in [0.25, 0.3) is 0 Å². The molecule has 27 heavy (non-hydrogen) atoms. The molecule has 0 aliphatic carbocycles. The molecule has 0 aliphatic heterocycles. The van der Waals surface area contributed by atoms with E-state index in [-0.39, 0.29) is 41.0 Å². The number of esters is 1. The zero-order valence-electron chi connectivity index (χ0n) is 14.8. The second-order valence-electron chi connectivity index (χ2n) is 5.60. The molecule has 0 saturated heterocycles. The summed E-state index contributed by atoms with van der Waals surface area (Å²) in [7, 11) is -2.57. The average molecular weight is 433 g/mol. The molecule has 2 N–H and O–H groups in total. The minimum absolute atomic E-state index is 0. The predicted octanol–water partition coefficient (Wildman–Crippen LogP) is 3.09. The van der Waals surface area contributed by atoms with Crippen LogP contribution in [0, 0.1) is 0 Å². The molecule has 0 saturated carbocycles. The first-order valence-corrected chi connectivity index (χ1v) is 9.84. The van der Waals surface area contributed by atoms with E-state index in [4.69, 9.17) is 17.3 Å². The van der Waals surface area contributed by atoms with Crippen molar-refractivity contribution in [3.63, 3.8) is 0 Å². The van der Waals surface area contributed by atoms with E-state index in [1.165, 1.54) is 29.6 Å². The zero-order valence-corrected chi connectivity index (χ0v) is 17.2. The molecule has 0 spiro atoms. The average Bonchev–Trinajstić information content (AvgIpc) is 2.65. The Balaban J connectivity index is 0.00000364. The SMILES string of the molecule is COC(=O)c1ccc(S(=O)(=O)N(CCCN)Cc2ccccc2)cc1Cl.Cl. The van der Waals surface area contributed by atoms with Crippen molar-refractivity contribution in [2.75, 3.05) is 20.2 Å². The first kappa shape index (κ1) is 23.4. The number of nitrogens with zero attached hydrogens (tertiary/aromatic N) is 1. The number of hydrogen-bond donors (Lipinski definition) is 1. The van der Waals surface area contributed by atoms with Gasteiger partial charge in [-0.25, -0.2) is 13.2 Å². The fourth-order valence-corrected chi connectivity index (χ4v) is 4.24. The van der Waals surface area contributed by atoms with Crippen molar-refractivity contribution in [3.05, 3.63) is 64.7 Å². The Bertz CT molecular complexity index is 861. The standard InChI is InChI=1S/C18H21ClN2O4S.ClH/c1-25-18(22)16-9-8-15(12-17(16)19)26(23,24)21(11-5-10-20)13-14-6-3-2-4-7-14;/h2-4,6-9,12H,5,10-11,13,20H2,1H3;1H. The molecule has 0 amide bonds. The van der Waals surface area contributed by atoms with Crippen molar-refractivity contribution in [1.29, 1.82) is 0 Å². The van der Waals surface area contributed by atoms with Crippen LogP contribution in [-0.4, -0.2) is 38.9 Å². The summed E-state index contributed by atoms with van der Waals surface area (Å²) in [6.45, 7) is 0.881. The maximum atomic E-state index is 13.1. The molecule has 0 aromatic heterocycles. The molecule has 9 heteroatoms. The number of halogens is 2. The number of hydrogen-bond acceptors (Lipinski definition) is 5. The molecule has 148 valence electrons. The van der Waals surface area contributed by atoms with Crippen LogP contribution in [0.25, 0.3) is 0 Å². The van der Waals surface area contributed by atoms with Crippen LogP contribution in [0.1, 0.15) is 22.3 Å². The Labute approximate surface area is 170 Å². The Morgan fingerprint density at radius 3 is 2.41 bits per heavy atom. The van der Waals surface area contributed by atoms with Gasteiger partial charge < -0.3 is 10.5 Å². The predicted molar refractivity (Wildman–Crippen MR) is 108 cm³/mol. The molecule has 0 bridgehead atoms. The molecule has 0 aliphatic rings. The minimum atomic E-state index is -3.80. The summed E-state index contributed by atoms with van der Waals surface area (Å²) in [5.41, 5.74) is 6.53. The summed E-state index contributed by atoms with van der Waals surface area (Å²) in [4.78, 5) is 11.6. The highest BCUT2D eigenvalue weighted by Crippen LogP contribution is 2.25. The van der Waals surface area contributed by atoms with Crippen LogP contribution in [0.5, 0.6) is 0 Å². The normalized spacial score (nSPS) is 11.1. The Morgan fingerprint density at radius 1 is 1.19 bits per heavy atom. The third-order valence-corrected chi connectivity index (χ3v) is 5.95. The van der Waals surface area contributed by atoms with Gasteiger partial charge in [0.1, 0.15) is 0 Å². The fraction of sp³-hybridized carbons (Fsp3) is 0.278. The van der Waals surface area contributed by atoms with Crippen molar-refractivity contribution in [1.82, 2.24) is 4.31 Å². The maximum Gasteiger partial charge on any atom is 0.339 e. The molecule has 0 atom stereocenters. The number of rotatable bonds is 8. The summed E-state index contributed by atoms with van der Waals surface area (Å²) < 4.78 is 32.1. The monoisotopic (exact) mass is 432 g/mol. The van der Waals surface area contributed by atoms with Gasteiger partial charge in [0.2, 0.25) is 10.0 Å². The molecule has 0 unspecified atom stereocenters. The molecule has 2 aromatic rings. The van der Waals surface area contributed by atoms with Gasteiger partial charge in [-0.2, -0.15) is 4.31 Å². The van der Waals surface area contributed by atoms with E-state index in [0.717, 1.165) is 5.56 Å². The quantitative estimate of drug-likeness (QED) is 0.647. The fourth-order valence-electron chi connectivity index (χ4n) is 2.42. The lowest BCUT2D eigenvalue weighted by molar-refractivity contribution is 0.0601. The first-order valence-electron chi connectivity index (χ1n) is 8.02. The van der Waals surface area contributed by atoms with E-state index in [9.17, 15) is 13.2 Å². The van der Waals surface area contributed by atoms with E-state index in [1.54, 1.807) is 0 Å². The lowest BCUT2D eigenvalue weighted by atomic mass is 10.2. The lowest BCUT2D eigenvalue weighted by Gasteiger charge is -2.22. The third-order valence-electron chi connectivity index (χ3n) is 3.80. The Hall–Kier alpha value is -1.64. The van der Waals surface area contributed by atoms with Crippen molar-refractivity contribution < 1.29 is 17.9 Å². The number of carbonyl (C=O) groups is 1. The van der Waals surface area contributed by atoms with Crippen LogP contribution in [0.15, 0.2) is 53.4 Å². The van der Waals surface area contributed by atoms with Crippen LogP contribution in [0.3, 0.4) is 0 Å². The van der Waals surface area contributed by atoms with Gasteiger partial charge in [-0.05, 0) is 36.7 Å². The summed E-state index contributed by atoms with van der Waals surface area (Å²) in [6, 6.07) is 13.3. The molecule has 0 radical (unpaired) electrons. The molecule has 0 heterocycles. The maximum absolute atomic E-state index is 13.1. The number of benzene rings is 2. The van der Waals surface area contributed by atoms with E-state index >= 15 is 0 Å². The summed E-state index contributed by atoms with van der Waals surface area (Å²) in [5.74, 6) is -0.622. The molecule has 6 nitrogen and oxygen atoms in total. The van der Waals surface area contributed by atoms with E-state index < -0.39 is 16.0 Å². The van der Waals surface area contributed by atoms with E-state index in [2.05, 4.69) is 4.74 Å². The highest BCUT2D eigenvalue weighted by atomic mass is 35.5. The highest BCUT2D eigenvalue weighted by Gasteiger charge is 2.25. The lowest BCUT2D eigenvalue weighted by Crippen LogP contribution is -2.32. The molecule has 2 aromatic carbocycles. The minimum Gasteiger partial charge on any atom is -0.465 e. The van der Waals surface area contributed by atoms with E-state index in [0.29, 0.717) is 13.0 Å². The van der Waals surface area contributed by atoms with Crippen LogP contribution in [0.2, 0.25) is 5.02 Å². The molecular weight excluding hydrogens is 411 g/mol. The van der Waals surface area contributed by atoms with Crippen LogP contribution in [-0.2, 0) is 21.3 Å². The van der Waals surface area contributed by atoms with Crippen molar-refractivity contribution >= 4 is 40.0 Å². The second-order valence-corrected chi connectivity index (χ2v) is 7.94. The zero-order chi connectivity index (χ0) is 19.2. The van der Waals surface area contributed by atoms with Gasteiger partial charge in [-0.1, -0.05) is 41.9 Å². The molecule has 2 rings (SSSR count). The Morgan fingerprint density at radius 2 is 1.85 bits per heavy atom. The van der Waals surface area contributed by atoms with Gasteiger partial charge in [-0.3, -0.25) is 0 Å². The molecular formula is C18H22Cl2N2O4S. The Kier molecular flexibility index (Phi) is 9.21. The van der Waals surface area contributed by atoms with Gasteiger partial charge in [0.05, 0.1) is 22.6 Å².